The molecule has 0 fully saturated rings. The average Bonchev–Trinajstić information content (AvgIpc) is 2.24. The molecule has 2 nitrogen and oxygen atoms in total. The molecular weight excluding hydrogens is 229 g/mol. The molecular formula is C12H17F3N2. The van der Waals surface area contributed by atoms with Crippen molar-refractivity contribution < 1.29 is 13.2 Å². The zero-order valence-corrected chi connectivity index (χ0v) is 9.96. The summed E-state index contributed by atoms with van der Waals surface area (Å²) < 4.78 is 38.6. The maximum absolute atomic E-state index is 12.9. The van der Waals surface area contributed by atoms with Crippen molar-refractivity contribution in [3.63, 3.8) is 0 Å². The smallest absolute Gasteiger partial charge is 0.378 e. The van der Waals surface area contributed by atoms with Crippen molar-refractivity contribution in [3.05, 3.63) is 29.8 Å². The zero-order valence-electron chi connectivity index (χ0n) is 9.96. The summed E-state index contributed by atoms with van der Waals surface area (Å²) >= 11 is 0. The molecule has 1 rings (SSSR count). The maximum Gasteiger partial charge on any atom is 0.395 e. The van der Waals surface area contributed by atoms with Crippen molar-refractivity contribution in [2.45, 2.75) is 18.5 Å². The highest BCUT2D eigenvalue weighted by molar-refractivity contribution is 5.48. The summed E-state index contributed by atoms with van der Waals surface area (Å²) in [5, 5.41) is 0. The van der Waals surface area contributed by atoms with Gasteiger partial charge in [-0.25, -0.2) is 0 Å². The molecule has 0 spiro atoms. The third kappa shape index (κ3) is 3.63. The van der Waals surface area contributed by atoms with Crippen LogP contribution in [0, 0.1) is 0 Å². The van der Waals surface area contributed by atoms with Crippen LogP contribution in [0.25, 0.3) is 0 Å². The van der Waals surface area contributed by atoms with E-state index < -0.39 is 12.1 Å². The van der Waals surface area contributed by atoms with Gasteiger partial charge in [0.15, 0.2) is 0 Å². The highest BCUT2D eigenvalue weighted by atomic mass is 19.4. The number of nitrogens with zero attached hydrogens (tertiary/aromatic N) is 1. The first-order valence-electron chi connectivity index (χ1n) is 5.40. The summed E-state index contributed by atoms with van der Waals surface area (Å²) in [7, 11) is 3.59. The second-order valence-corrected chi connectivity index (χ2v) is 4.16. The van der Waals surface area contributed by atoms with E-state index in [0.29, 0.717) is 0 Å². The van der Waals surface area contributed by atoms with E-state index >= 15 is 0 Å². The first-order chi connectivity index (χ1) is 7.86. The average molecular weight is 246 g/mol. The summed E-state index contributed by atoms with van der Waals surface area (Å²) in [5.41, 5.74) is 6.28. The van der Waals surface area contributed by atoms with Gasteiger partial charge in [0.25, 0.3) is 0 Å². The molecule has 0 radical (unpaired) electrons. The molecule has 1 aromatic rings. The minimum atomic E-state index is -4.25. The van der Waals surface area contributed by atoms with Gasteiger partial charge in [0, 0.05) is 19.8 Å². The Morgan fingerprint density at radius 1 is 1.29 bits per heavy atom. The fourth-order valence-electron chi connectivity index (χ4n) is 1.71. The number of alkyl halides is 3. The number of anilines is 1. The molecule has 0 heterocycles. The number of hydrogen-bond acceptors (Lipinski definition) is 2. The molecule has 0 saturated carbocycles. The Morgan fingerprint density at radius 3 is 2.41 bits per heavy atom. The van der Waals surface area contributed by atoms with Gasteiger partial charge in [-0.1, -0.05) is 12.1 Å². The van der Waals surface area contributed by atoms with Crippen LogP contribution in [0.4, 0.5) is 18.9 Å². The summed E-state index contributed by atoms with van der Waals surface area (Å²) in [6.07, 6.45) is -4.33. The van der Waals surface area contributed by atoms with E-state index in [0.717, 1.165) is 5.69 Å². The Bertz CT molecular complexity index is 361. The van der Waals surface area contributed by atoms with E-state index in [1.54, 1.807) is 37.2 Å². The van der Waals surface area contributed by atoms with E-state index in [1.807, 2.05) is 0 Å². The first kappa shape index (κ1) is 13.8. The molecule has 0 aliphatic heterocycles. The molecule has 17 heavy (non-hydrogen) atoms. The Balaban J connectivity index is 3.06. The lowest BCUT2D eigenvalue weighted by Crippen LogP contribution is -2.24. The fourth-order valence-corrected chi connectivity index (χ4v) is 1.71. The van der Waals surface area contributed by atoms with Crippen LogP contribution in [-0.4, -0.2) is 26.8 Å². The van der Waals surface area contributed by atoms with Gasteiger partial charge in [-0.15, -0.1) is 0 Å². The lowest BCUT2D eigenvalue weighted by atomic mass is 9.94. The summed E-state index contributed by atoms with van der Waals surface area (Å²) in [6, 6.07) is 6.48. The Hall–Kier alpha value is -1.23. The zero-order chi connectivity index (χ0) is 13.1. The molecule has 1 unspecified atom stereocenters. The number of nitrogens with two attached hydrogens (primary N) is 1. The Kier molecular flexibility index (Phi) is 4.40. The lowest BCUT2D eigenvalue weighted by Gasteiger charge is -2.22. The summed E-state index contributed by atoms with van der Waals surface area (Å²) in [5.74, 6) is -1.48. The predicted octanol–water partition coefficient (Wildman–Crippen LogP) is 2.75. The summed E-state index contributed by atoms with van der Waals surface area (Å²) in [4.78, 5) is 1.78. The van der Waals surface area contributed by atoms with Crippen molar-refractivity contribution in [1.29, 1.82) is 0 Å². The Morgan fingerprint density at radius 2 is 1.94 bits per heavy atom. The molecule has 0 saturated heterocycles. The lowest BCUT2D eigenvalue weighted by molar-refractivity contribution is -0.151. The van der Waals surface area contributed by atoms with Gasteiger partial charge in [-0.3, -0.25) is 0 Å². The predicted molar refractivity (Wildman–Crippen MR) is 63.2 cm³/mol. The van der Waals surface area contributed by atoms with Crippen molar-refractivity contribution in [2.24, 2.45) is 5.73 Å². The minimum absolute atomic E-state index is 0.0242. The van der Waals surface area contributed by atoms with Gasteiger partial charge in [0.1, 0.15) is 0 Å². The van der Waals surface area contributed by atoms with Gasteiger partial charge in [0.05, 0.1) is 5.92 Å². The van der Waals surface area contributed by atoms with E-state index in [1.165, 1.54) is 6.07 Å². The van der Waals surface area contributed by atoms with Gasteiger partial charge in [-0.05, 0) is 30.7 Å². The molecule has 1 atom stereocenters. The number of hydrogen-bond donors (Lipinski definition) is 1. The second kappa shape index (κ2) is 5.40. The van der Waals surface area contributed by atoms with E-state index in [-0.39, 0.29) is 18.5 Å². The van der Waals surface area contributed by atoms with E-state index in [9.17, 15) is 13.2 Å². The molecule has 96 valence electrons. The molecule has 0 aromatic heterocycles. The first-order valence-corrected chi connectivity index (χ1v) is 5.40. The second-order valence-electron chi connectivity index (χ2n) is 4.16. The number of benzene rings is 1. The van der Waals surface area contributed by atoms with Crippen molar-refractivity contribution in [3.8, 4) is 0 Å². The van der Waals surface area contributed by atoms with E-state index in [4.69, 9.17) is 5.73 Å². The Labute approximate surface area is 99.2 Å². The largest absolute Gasteiger partial charge is 0.395 e. The number of rotatable bonds is 4. The van der Waals surface area contributed by atoms with Crippen LogP contribution in [0.1, 0.15) is 17.9 Å². The molecule has 0 bridgehead atoms. The van der Waals surface area contributed by atoms with Crippen molar-refractivity contribution >= 4 is 5.69 Å². The SMILES string of the molecule is CN(C)c1cccc(C(CCN)C(F)(F)F)c1. The van der Waals surface area contributed by atoms with Gasteiger partial charge in [0.2, 0.25) is 0 Å². The standard InChI is InChI=1S/C12H17F3N2/c1-17(2)10-5-3-4-9(8-10)11(6-7-16)12(13,14)15/h3-5,8,11H,6-7,16H2,1-2H3. The highest BCUT2D eigenvalue weighted by Gasteiger charge is 2.39. The van der Waals surface area contributed by atoms with Crippen LogP contribution in [0.15, 0.2) is 24.3 Å². The van der Waals surface area contributed by atoms with Crippen LogP contribution in [0.3, 0.4) is 0 Å². The summed E-state index contributed by atoms with van der Waals surface area (Å²) in [6.45, 7) is 0.0242. The maximum atomic E-state index is 12.9. The monoisotopic (exact) mass is 246 g/mol. The van der Waals surface area contributed by atoms with Crippen LogP contribution in [0.5, 0.6) is 0 Å². The normalized spacial score (nSPS) is 13.5. The molecule has 0 aliphatic carbocycles. The van der Waals surface area contributed by atoms with E-state index in [2.05, 4.69) is 0 Å². The molecule has 1 aromatic carbocycles. The molecule has 5 heteroatoms. The minimum Gasteiger partial charge on any atom is -0.378 e. The fraction of sp³-hybridized carbons (Fsp3) is 0.500. The third-order valence-electron chi connectivity index (χ3n) is 2.64. The van der Waals surface area contributed by atoms with Crippen LogP contribution < -0.4 is 10.6 Å². The van der Waals surface area contributed by atoms with Crippen LogP contribution in [0.2, 0.25) is 0 Å². The van der Waals surface area contributed by atoms with Gasteiger partial charge < -0.3 is 10.6 Å². The molecule has 0 amide bonds. The quantitative estimate of drug-likeness (QED) is 0.885. The topological polar surface area (TPSA) is 29.3 Å². The van der Waals surface area contributed by atoms with Gasteiger partial charge in [-0.2, -0.15) is 13.2 Å². The van der Waals surface area contributed by atoms with Crippen LogP contribution in [-0.2, 0) is 0 Å². The molecule has 2 N–H and O–H groups in total. The van der Waals surface area contributed by atoms with Crippen molar-refractivity contribution in [1.82, 2.24) is 0 Å². The number of halogens is 3. The third-order valence-corrected chi connectivity index (χ3v) is 2.64. The van der Waals surface area contributed by atoms with Crippen LogP contribution >= 0.6 is 0 Å². The van der Waals surface area contributed by atoms with Gasteiger partial charge >= 0.3 is 6.18 Å². The van der Waals surface area contributed by atoms with Crippen molar-refractivity contribution in [2.75, 3.05) is 25.5 Å². The molecule has 0 aliphatic rings. The highest BCUT2D eigenvalue weighted by Crippen LogP contribution is 2.37.